The van der Waals surface area contributed by atoms with Gasteiger partial charge in [-0.25, -0.2) is 5.01 Å². The van der Waals surface area contributed by atoms with Gasteiger partial charge in [0.2, 0.25) is 0 Å². The normalized spacial score (nSPS) is 10.7. The van der Waals surface area contributed by atoms with E-state index in [1.54, 1.807) is 0 Å². The molecule has 0 heterocycles. The molecule has 0 radical (unpaired) electrons. The van der Waals surface area contributed by atoms with Gasteiger partial charge in [0.25, 0.3) is 0 Å². The molecule has 21 heavy (non-hydrogen) atoms. The number of halogens is 4. The van der Waals surface area contributed by atoms with E-state index >= 15 is 0 Å². The number of nitro benzene ring substituents is 1. The summed E-state index contributed by atoms with van der Waals surface area (Å²) in [5, 5.41) is 23.2. The summed E-state index contributed by atoms with van der Waals surface area (Å²) in [6.07, 6.45) is -4.83. The van der Waals surface area contributed by atoms with Gasteiger partial charge in [0.1, 0.15) is 5.02 Å². The fourth-order valence-electron chi connectivity index (χ4n) is 1.38. The maximum Gasteiger partial charge on any atom is 0.418 e. The lowest BCUT2D eigenvalue weighted by atomic mass is 10.1. The minimum absolute atomic E-state index is 0.284. The molecule has 0 atom stereocenters. The van der Waals surface area contributed by atoms with E-state index < -0.39 is 33.1 Å². The average molecular weight is 327 g/mol. The third-order valence-electron chi connectivity index (χ3n) is 2.09. The first kappa shape index (κ1) is 18.7. The summed E-state index contributed by atoms with van der Waals surface area (Å²) in [7, 11) is 2.99. The van der Waals surface area contributed by atoms with Crippen molar-refractivity contribution in [3.8, 4) is 0 Å². The summed E-state index contributed by atoms with van der Waals surface area (Å²) in [6.45, 7) is 0. The molecule has 0 aromatic heterocycles. The Morgan fingerprint density at radius 3 is 2.24 bits per heavy atom. The van der Waals surface area contributed by atoms with Crippen LogP contribution in [0.15, 0.2) is 6.07 Å². The molecule has 0 aliphatic heterocycles. The van der Waals surface area contributed by atoms with Crippen molar-refractivity contribution in [3.05, 3.63) is 26.8 Å². The number of nitrogen functional groups attached to an aromatic ring is 1. The largest absolute Gasteiger partial charge is 0.418 e. The Hall–Kier alpha value is -2.32. The highest BCUT2D eigenvalue weighted by Crippen LogP contribution is 2.45. The fraction of sp³-hybridized carbons (Fsp3) is 0.333. The van der Waals surface area contributed by atoms with Crippen LogP contribution < -0.4 is 11.2 Å². The van der Waals surface area contributed by atoms with Crippen LogP contribution in [-0.4, -0.2) is 24.0 Å². The van der Waals surface area contributed by atoms with Gasteiger partial charge in [-0.15, -0.1) is 0 Å². The van der Waals surface area contributed by atoms with Crippen LogP contribution >= 0.6 is 11.6 Å². The summed E-state index contributed by atoms with van der Waals surface area (Å²) in [5.74, 6) is 0. The van der Waals surface area contributed by atoms with Gasteiger partial charge in [-0.2, -0.15) is 13.2 Å². The fourth-order valence-corrected chi connectivity index (χ4v) is 1.71. The maximum absolute atomic E-state index is 12.7. The smallest absolute Gasteiger partial charge is 0.397 e. The maximum atomic E-state index is 12.7. The monoisotopic (exact) mass is 326 g/mol. The molecule has 1 aromatic rings. The molecule has 0 saturated carbocycles. The predicted molar refractivity (Wildman–Crippen MR) is 68.3 cm³/mol. The number of hydrogen-bond donors (Lipinski definition) is 2. The number of hydrazine groups is 1. The van der Waals surface area contributed by atoms with E-state index in [0.29, 0.717) is 6.07 Å². The van der Waals surface area contributed by atoms with Crippen molar-refractivity contribution in [3.63, 3.8) is 0 Å². The van der Waals surface area contributed by atoms with Crippen LogP contribution in [0.2, 0.25) is 5.02 Å². The average Bonchev–Trinajstić information content (AvgIpc) is 2.33. The zero-order valence-electron chi connectivity index (χ0n) is 10.8. The van der Waals surface area contributed by atoms with Gasteiger partial charge in [0, 0.05) is 24.9 Å². The van der Waals surface area contributed by atoms with Crippen LogP contribution in [0.4, 0.5) is 30.2 Å². The zero-order chi connectivity index (χ0) is 17.0. The van der Waals surface area contributed by atoms with Gasteiger partial charge in [-0.05, 0) is 6.07 Å². The molecule has 3 N–H and O–H groups in total. The molecule has 12 heteroatoms. The lowest BCUT2D eigenvalue weighted by Crippen LogP contribution is -2.22. The Morgan fingerprint density at radius 1 is 1.43 bits per heavy atom. The summed E-state index contributed by atoms with van der Waals surface area (Å²) in [6, 6.07) is 0.557. The third-order valence-corrected chi connectivity index (χ3v) is 2.48. The van der Waals surface area contributed by atoms with Crippen LogP contribution in [-0.2, 0) is 6.18 Å². The van der Waals surface area contributed by atoms with E-state index in [0.717, 1.165) is 0 Å². The molecule has 0 aliphatic carbocycles. The molecule has 0 amide bonds. The minimum Gasteiger partial charge on any atom is -0.397 e. The van der Waals surface area contributed by atoms with E-state index in [1.165, 1.54) is 19.1 Å². The number of nitrogens with zero attached hydrogens (tertiary/aromatic N) is 4. The van der Waals surface area contributed by atoms with Gasteiger partial charge >= 0.3 is 11.9 Å². The highest BCUT2D eigenvalue weighted by atomic mass is 35.5. The van der Waals surface area contributed by atoms with Crippen molar-refractivity contribution in [2.24, 2.45) is 0 Å². The van der Waals surface area contributed by atoms with Crippen molar-refractivity contribution in [1.29, 1.82) is 10.8 Å². The van der Waals surface area contributed by atoms with E-state index in [1.807, 2.05) is 0 Å². The third kappa shape index (κ3) is 4.33. The van der Waals surface area contributed by atoms with Crippen molar-refractivity contribution in [1.82, 2.24) is 5.01 Å². The Morgan fingerprint density at radius 2 is 1.90 bits per heavy atom. The lowest BCUT2D eigenvalue weighted by Gasteiger charge is -2.18. The Balaban J connectivity index is 0.00000191. The summed E-state index contributed by atoms with van der Waals surface area (Å²) >= 11 is 5.47. The Labute approximate surface area is 121 Å². The SMILES string of the molecule is CN(C)Nc1c(N)cc(C(F)(F)F)c(Cl)c1[N+](=O)[O-].N#N. The first-order valence-electron chi connectivity index (χ1n) is 5.03. The van der Waals surface area contributed by atoms with Crippen LogP contribution in [0.25, 0.3) is 0 Å². The van der Waals surface area contributed by atoms with Gasteiger partial charge in [0.15, 0.2) is 5.69 Å². The van der Waals surface area contributed by atoms with Crippen molar-refractivity contribution in [2.75, 3.05) is 25.3 Å². The van der Waals surface area contributed by atoms with Crippen molar-refractivity contribution in [2.45, 2.75) is 6.18 Å². The Bertz CT molecular complexity index is 561. The van der Waals surface area contributed by atoms with Crippen molar-refractivity contribution < 1.29 is 18.1 Å². The van der Waals surface area contributed by atoms with E-state index in [2.05, 4.69) is 5.43 Å². The van der Waals surface area contributed by atoms with Crippen LogP contribution in [0.3, 0.4) is 0 Å². The predicted octanol–water partition coefficient (Wildman–Crippen LogP) is 2.77. The van der Waals surface area contributed by atoms with E-state index in [-0.39, 0.29) is 5.69 Å². The number of nitro groups is 1. The second-order valence-corrected chi connectivity index (χ2v) is 4.19. The van der Waals surface area contributed by atoms with E-state index in [9.17, 15) is 23.3 Å². The molecule has 0 bridgehead atoms. The second-order valence-electron chi connectivity index (χ2n) is 3.81. The summed E-state index contributed by atoms with van der Waals surface area (Å²) in [5.41, 5.74) is 4.92. The minimum atomic E-state index is -4.83. The van der Waals surface area contributed by atoms with E-state index in [4.69, 9.17) is 28.1 Å². The first-order chi connectivity index (χ1) is 9.55. The number of nitrogens with one attached hydrogen (secondary N) is 1. The molecular weight excluding hydrogens is 317 g/mol. The standard InChI is InChI=1S/C9H10ClF3N4O2.N2/c1-16(2)15-7-5(14)3-4(9(11,12)13)6(10)8(7)17(18)19;1-2/h3,15H,14H2,1-2H3;. The number of alkyl halides is 3. The zero-order valence-corrected chi connectivity index (χ0v) is 11.5. The molecule has 8 nitrogen and oxygen atoms in total. The molecule has 1 rings (SSSR count). The summed E-state index contributed by atoms with van der Waals surface area (Å²) in [4.78, 5) is 9.88. The molecule has 0 spiro atoms. The van der Waals surface area contributed by atoms with Crippen LogP contribution in [0.1, 0.15) is 5.56 Å². The highest BCUT2D eigenvalue weighted by Gasteiger charge is 2.39. The second kappa shape index (κ2) is 6.91. The summed E-state index contributed by atoms with van der Waals surface area (Å²) < 4.78 is 38.0. The lowest BCUT2D eigenvalue weighted by molar-refractivity contribution is -0.384. The highest BCUT2D eigenvalue weighted by molar-refractivity contribution is 6.34. The molecule has 1 aromatic carbocycles. The number of nitrogens with two attached hydrogens (primary N) is 1. The van der Waals surface area contributed by atoms with Gasteiger partial charge in [-0.1, -0.05) is 11.6 Å². The number of hydrogen-bond acceptors (Lipinski definition) is 7. The number of benzene rings is 1. The molecule has 0 saturated heterocycles. The van der Waals surface area contributed by atoms with Crippen LogP contribution in [0, 0.1) is 20.9 Å². The molecular formula is C9H10ClF3N6O2. The molecule has 0 aliphatic rings. The Kier molecular flexibility index (Phi) is 6.15. The molecule has 116 valence electrons. The van der Waals surface area contributed by atoms with Crippen molar-refractivity contribution >= 4 is 28.7 Å². The first-order valence-corrected chi connectivity index (χ1v) is 5.41. The van der Waals surface area contributed by atoms with Gasteiger partial charge in [0.05, 0.1) is 16.2 Å². The quantitative estimate of drug-likeness (QED) is 0.377. The van der Waals surface area contributed by atoms with Gasteiger partial charge in [-0.3, -0.25) is 10.1 Å². The van der Waals surface area contributed by atoms with Crippen LogP contribution in [0.5, 0.6) is 0 Å². The molecule has 0 fully saturated rings. The molecule has 0 unspecified atom stereocenters. The topological polar surface area (TPSA) is 132 Å². The number of anilines is 2. The number of rotatable bonds is 3. The van der Waals surface area contributed by atoms with Gasteiger partial charge < -0.3 is 11.2 Å².